The summed E-state index contributed by atoms with van der Waals surface area (Å²) in [6.07, 6.45) is 0.736. The van der Waals surface area contributed by atoms with Gasteiger partial charge in [-0.3, -0.25) is 0 Å². The maximum absolute atomic E-state index is 12.0. The number of nitrogens with two attached hydrogens (primary N) is 1. The Hall–Kier alpha value is -0.820. The van der Waals surface area contributed by atoms with Crippen LogP contribution >= 0.6 is 11.6 Å². The molecule has 0 saturated carbocycles. The van der Waals surface area contributed by atoms with Gasteiger partial charge in [-0.05, 0) is 45.3 Å². The van der Waals surface area contributed by atoms with E-state index in [0.717, 1.165) is 13.0 Å². The summed E-state index contributed by atoms with van der Waals surface area (Å²) in [5.41, 5.74) is 5.80. The number of hydrogen-bond acceptors (Lipinski definition) is 4. The second-order valence-electron chi connectivity index (χ2n) is 4.24. The van der Waals surface area contributed by atoms with E-state index in [1.54, 1.807) is 0 Å². The van der Waals surface area contributed by atoms with E-state index in [1.165, 1.54) is 18.2 Å². The first kappa shape index (κ1) is 15.2. The van der Waals surface area contributed by atoms with Crippen LogP contribution < -0.4 is 10.5 Å². The normalized spacial score (nSPS) is 12.0. The number of benzene rings is 1. The summed E-state index contributed by atoms with van der Waals surface area (Å²) in [6, 6.07) is 4.34. The predicted octanol–water partition coefficient (Wildman–Crippen LogP) is 1.15. The Bertz CT molecular complexity index is 503. The van der Waals surface area contributed by atoms with Crippen LogP contribution in [0.15, 0.2) is 23.1 Å². The summed E-state index contributed by atoms with van der Waals surface area (Å²) in [5, 5.41) is 0.416. The second kappa shape index (κ2) is 6.38. The Morgan fingerprint density at radius 2 is 2.06 bits per heavy atom. The number of hydrogen-bond donors (Lipinski definition) is 2. The molecule has 0 atom stereocenters. The molecule has 0 aliphatic carbocycles. The van der Waals surface area contributed by atoms with E-state index in [1.807, 2.05) is 19.0 Å². The van der Waals surface area contributed by atoms with Crippen LogP contribution in [0, 0.1) is 0 Å². The number of rotatable bonds is 6. The smallest absolute Gasteiger partial charge is 0.242 e. The summed E-state index contributed by atoms with van der Waals surface area (Å²) >= 11 is 5.73. The fraction of sp³-hybridized carbons (Fsp3) is 0.455. The van der Waals surface area contributed by atoms with Crippen molar-refractivity contribution in [1.29, 1.82) is 0 Å². The van der Waals surface area contributed by atoms with E-state index in [9.17, 15) is 8.42 Å². The van der Waals surface area contributed by atoms with Crippen molar-refractivity contribution in [1.82, 2.24) is 9.62 Å². The molecule has 1 rings (SSSR count). The minimum atomic E-state index is -3.56. The van der Waals surface area contributed by atoms with Gasteiger partial charge in [0.2, 0.25) is 10.0 Å². The quantitative estimate of drug-likeness (QED) is 0.609. The Morgan fingerprint density at radius 1 is 1.39 bits per heavy atom. The lowest BCUT2D eigenvalue weighted by Gasteiger charge is -2.11. The third-order valence-corrected chi connectivity index (χ3v) is 4.11. The number of sulfonamides is 1. The molecule has 3 N–H and O–H groups in total. The van der Waals surface area contributed by atoms with Gasteiger partial charge >= 0.3 is 0 Å². The van der Waals surface area contributed by atoms with Crippen LogP contribution in [0.5, 0.6) is 0 Å². The highest BCUT2D eigenvalue weighted by atomic mass is 35.5. The van der Waals surface area contributed by atoms with Crippen molar-refractivity contribution >= 4 is 27.3 Å². The van der Waals surface area contributed by atoms with Crippen LogP contribution in [-0.4, -0.2) is 40.5 Å². The van der Waals surface area contributed by atoms with Gasteiger partial charge in [0.1, 0.15) is 4.90 Å². The van der Waals surface area contributed by atoms with E-state index < -0.39 is 10.0 Å². The molecule has 0 heterocycles. The van der Waals surface area contributed by atoms with Crippen LogP contribution in [0.4, 0.5) is 5.69 Å². The molecule has 0 saturated heterocycles. The molecule has 0 radical (unpaired) electrons. The first-order valence-corrected chi connectivity index (χ1v) is 7.38. The third kappa shape index (κ3) is 4.45. The first-order valence-electron chi connectivity index (χ1n) is 5.52. The largest absolute Gasteiger partial charge is 0.398 e. The van der Waals surface area contributed by atoms with Gasteiger partial charge in [-0.15, -0.1) is 0 Å². The van der Waals surface area contributed by atoms with Gasteiger partial charge < -0.3 is 10.6 Å². The molecule has 1 aromatic rings. The highest BCUT2D eigenvalue weighted by Gasteiger charge is 2.16. The van der Waals surface area contributed by atoms with Gasteiger partial charge in [-0.2, -0.15) is 0 Å². The van der Waals surface area contributed by atoms with Gasteiger partial charge in [0.15, 0.2) is 0 Å². The molecule has 18 heavy (non-hydrogen) atoms. The molecular formula is C11H18ClN3O2S. The Kier molecular flexibility index (Phi) is 5.40. The molecule has 0 aromatic heterocycles. The third-order valence-electron chi connectivity index (χ3n) is 2.34. The van der Waals surface area contributed by atoms with Crippen LogP contribution in [-0.2, 0) is 10.0 Å². The maximum atomic E-state index is 12.0. The van der Waals surface area contributed by atoms with Crippen LogP contribution in [0.2, 0.25) is 5.02 Å². The Morgan fingerprint density at radius 3 is 2.61 bits per heavy atom. The fourth-order valence-corrected chi connectivity index (χ4v) is 2.81. The minimum absolute atomic E-state index is 0.0664. The summed E-state index contributed by atoms with van der Waals surface area (Å²) in [7, 11) is 0.315. The Balaban J connectivity index is 2.69. The first-order chi connectivity index (χ1) is 8.33. The number of nitrogens with zero attached hydrogens (tertiary/aromatic N) is 1. The summed E-state index contributed by atoms with van der Waals surface area (Å²) in [6.45, 7) is 1.20. The Labute approximate surface area is 113 Å². The summed E-state index contributed by atoms with van der Waals surface area (Å²) in [4.78, 5) is 2.06. The van der Waals surface area contributed by atoms with Gasteiger partial charge in [0.05, 0.1) is 5.69 Å². The molecule has 0 amide bonds. The standard InChI is InChI=1S/C11H18ClN3O2S/c1-15(2)7-3-6-14-18(16,17)11-5-4-9(12)8-10(11)13/h4-5,8,14H,3,6-7,13H2,1-2H3. The van der Waals surface area contributed by atoms with Crippen LogP contribution in [0.3, 0.4) is 0 Å². The number of nitrogens with one attached hydrogen (secondary N) is 1. The molecule has 0 bridgehead atoms. The summed E-state index contributed by atoms with van der Waals surface area (Å²) in [5.74, 6) is 0. The van der Waals surface area contributed by atoms with Crippen molar-refractivity contribution in [3.63, 3.8) is 0 Å². The van der Waals surface area contributed by atoms with Crippen LogP contribution in [0.25, 0.3) is 0 Å². The highest BCUT2D eigenvalue weighted by molar-refractivity contribution is 7.89. The summed E-state index contributed by atoms with van der Waals surface area (Å²) < 4.78 is 26.4. The molecule has 0 fully saturated rings. The average Bonchev–Trinajstić information content (AvgIpc) is 2.23. The van der Waals surface area contributed by atoms with Gasteiger partial charge in [-0.25, -0.2) is 13.1 Å². The van der Waals surface area contributed by atoms with Crippen molar-refractivity contribution in [2.75, 3.05) is 32.9 Å². The van der Waals surface area contributed by atoms with Gasteiger partial charge in [0.25, 0.3) is 0 Å². The molecule has 0 unspecified atom stereocenters. The van der Waals surface area contributed by atoms with E-state index in [4.69, 9.17) is 17.3 Å². The maximum Gasteiger partial charge on any atom is 0.242 e. The molecule has 5 nitrogen and oxygen atoms in total. The monoisotopic (exact) mass is 291 g/mol. The highest BCUT2D eigenvalue weighted by Crippen LogP contribution is 2.22. The van der Waals surface area contributed by atoms with Crippen molar-refractivity contribution in [2.24, 2.45) is 0 Å². The van der Waals surface area contributed by atoms with Crippen molar-refractivity contribution in [2.45, 2.75) is 11.3 Å². The molecule has 7 heteroatoms. The zero-order chi connectivity index (χ0) is 13.8. The van der Waals surface area contributed by atoms with E-state index in [2.05, 4.69) is 4.72 Å². The molecule has 0 spiro atoms. The minimum Gasteiger partial charge on any atom is -0.398 e. The van der Waals surface area contributed by atoms with Crippen molar-refractivity contribution in [3.8, 4) is 0 Å². The topological polar surface area (TPSA) is 75.4 Å². The molecule has 1 aromatic carbocycles. The zero-order valence-electron chi connectivity index (χ0n) is 10.5. The molecule has 0 aliphatic rings. The number of halogens is 1. The lowest BCUT2D eigenvalue weighted by molar-refractivity contribution is 0.400. The van der Waals surface area contributed by atoms with E-state index in [0.29, 0.717) is 11.6 Å². The SMILES string of the molecule is CN(C)CCCNS(=O)(=O)c1ccc(Cl)cc1N. The van der Waals surface area contributed by atoms with Gasteiger partial charge in [-0.1, -0.05) is 11.6 Å². The molecule has 0 aliphatic heterocycles. The van der Waals surface area contributed by atoms with Crippen molar-refractivity contribution in [3.05, 3.63) is 23.2 Å². The molecule has 102 valence electrons. The van der Waals surface area contributed by atoms with Crippen LogP contribution in [0.1, 0.15) is 6.42 Å². The van der Waals surface area contributed by atoms with Crippen molar-refractivity contribution < 1.29 is 8.42 Å². The number of anilines is 1. The average molecular weight is 292 g/mol. The van der Waals surface area contributed by atoms with Gasteiger partial charge in [0, 0.05) is 11.6 Å². The predicted molar refractivity (Wildman–Crippen MR) is 74.2 cm³/mol. The lowest BCUT2D eigenvalue weighted by atomic mass is 10.3. The lowest BCUT2D eigenvalue weighted by Crippen LogP contribution is -2.27. The number of nitrogen functional groups attached to an aromatic ring is 1. The second-order valence-corrected chi connectivity index (χ2v) is 6.41. The van der Waals surface area contributed by atoms with E-state index >= 15 is 0 Å². The van der Waals surface area contributed by atoms with E-state index in [-0.39, 0.29) is 10.6 Å². The zero-order valence-corrected chi connectivity index (χ0v) is 12.1. The molecular weight excluding hydrogens is 274 g/mol. The fourth-order valence-electron chi connectivity index (χ4n) is 1.44.